The van der Waals surface area contributed by atoms with Gasteiger partial charge in [0.2, 0.25) is 0 Å². The number of ether oxygens (including phenoxy) is 3. The number of hydrogen-bond acceptors (Lipinski definition) is 6. The first kappa shape index (κ1) is 28.0. The Kier molecular flexibility index (Phi) is 8.07. The van der Waals surface area contributed by atoms with Gasteiger partial charge in [-0.15, -0.1) is 0 Å². The molecule has 1 aliphatic rings. The minimum atomic E-state index is -0.810. The van der Waals surface area contributed by atoms with Crippen LogP contribution in [0.25, 0.3) is 10.9 Å². The molecule has 0 radical (unpaired) electrons. The summed E-state index contributed by atoms with van der Waals surface area (Å²) < 4.78 is 19.3. The number of nitriles is 1. The summed E-state index contributed by atoms with van der Waals surface area (Å²) in [5.74, 6) is -1.08. The molecule has 0 N–H and O–H groups in total. The van der Waals surface area contributed by atoms with Crippen molar-refractivity contribution in [3.8, 4) is 6.07 Å². The Morgan fingerprint density at radius 2 is 1.52 bits per heavy atom. The van der Waals surface area contributed by atoms with Crippen LogP contribution in [0.1, 0.15) is 50.1 Å². The molecule has 204 valence electrons. The summed E-state index contributed by atoms with van der Waals surface area (Å²) in [5.41, 5.74) is 3.52. The Balaban J connectivity index is 1.44. The number of carbonyl (C=O) groups is 2. The second kappa shape index (κ2) is 11.5. The van der Waals surface area contributed by atoms with Crippen LogP contribution in [-0.4, -0.2) is 35.3 Å². The lowest BCUT2D eigenvalue weighted by molar-refractivity contribution is -0.0560. The maximum absolute atomic E-state index is 13.0. The average molecular weight is 598 g/mol. The molecule has 10 heteroatoms. The summed E-state index contributed by atoms with van der Waals surface area (Å²) in [6, 6.07) is 19.3. The lowest BCUT2D eigenvalue weighted by atomic mass is 10.1. The van der Waals surface area contributed by atoms with Gasteiger partial charge < -0.3 is 18.8 Å². The Labute approximate surface area is 245 Å². The minimum Gasteiger partial charge on any atom is -0.459 e. The van der Waals surface area contributed by atoms with Gasteiger partial charge in [0.25, 0.3) is 0 Å². The van der Waals surface area contributed by atoms with Crippen molar-refractivity contribution in [1.29, 1.82) is 5.26 Å². The van der Waals surface area contributed by atoms with Crippen LogP contribution < -0.4 is 0 Å². The molecule has 2 heterocycles. The van der Waals surface area contributed by atoms with E-state index in [9.17, 15) is 14.9 Å². The molecule has 1 aromatic heterocycles. The first-order valence-electron chi connectivity index (χ1n) is 12.4. The molecule has 40 heavy (non-hydrogen) atoms. The summed E-state index contributed by atoms with van der Waals surface area (Å²) in [5, 5.41) is 11.0. The third kappa shape index (κ3) is 5.54. The van der Waals surface area contributed by atoms with Crippen molar-refractivity contribution in [2.24, 2.45) is 0 Å². The zero-order valence-electron chi connectivity index (χ0n) is 21.5. The fourth-order valence-corrected chi connectivity index (χ4v) is 5.28. The number of esters is 2. The van der Waals surface area contributed by atoms with Crippen LogP contribution in [0, 0.1) is 25.2 Å². The van der Waals surface area contributed by atoms with Gasteiger partial charge in [-0.1, -0.05) is 70.2 Å². The van der Waals surface area contributed by atoms with E-state index in [0.29, 0.717) is 22.0 Å². The monoisotopic (exact) mass is 596 g/mol. The van der Waals surface area contributed by atoms with Crippen molar-refractivity contribution in [2.75, 3.05) is 6.61 Å². The Hall–Kier alpha value is -3.54. The zero-order chi connectivity index (χ0) is 28.6. The largest absolute Gasteiger partial charge is 0.459 e. The number of halogens is 3. The molecule has 0 unspecified atom stereocenters. The number of benzene rings is 3. The summed E-state index contributed by atoms with van der Waals surface area (Å²) in [6.45, 7) is 3.66. The third-order valence-electron chi connectivity index (χ3n) is 6.78. The zero-order valence-corrected chi connectivity index (χ0v) is 23.8. The molecular formula is C30H23Cl3N2O5. The van der Waals surface area contributed by atoms with Crippen LogP contribution in [-0.2, 0) is 14.2 Å². The van der Waals surface area contributed by atoms with E-state index < -0.39 is 30.4 Å². The van der Waals surface area contributed by atoms with Crippen LogP contribution >= 0.6 is 34.8 Å². The summed E-state index contributed by atoms with van der Waals surface area (Å²) >= 11 is 19.1. The van der Waals surface area contributed by atoms with Gasteiger partial charge in [-0.25, -0.2) is 9.59 Å². The number of rotatable bonds is 6. The van der Waals surface area contributed by atoms with E-state index in [1.54, 1.807) is 41.0 Å². The summed E-state index contributed by atoms with van der Waals surface area (Å²) in [6.07, 6.45) is -2.17. The lowest BCUT2D eigenvalue weighted by Crippen LogP contribution is -2.32. The highest BCUT2D eigenvalue weighted by atomic mass is 35.5. The minimum absolute atomic E-state index is 0.127. The fourth-order valence-electron chi connectivity index (χ4n) is 4.62. The molecule has 3 aromatic carbocycles. The number of aryl methyl sites for hydroxylation is 2. The van der Waals surface area contributed by atoms with E-state index in [2.05, 4.69) is 6.07 Å². The number of fused-ring (bicyclic) bond motifs is 1. The Morgan fingerprint density at radius 3 is 2.12 bits per heavy atom. The molecule has 1 fully saturated rings. The van der Waals surface area contributed by atoms with Gasteiger partial charge >= 0.3 is 11.9 Å². The van der Waals surface area contributed by atoms with Crippen molar-refractivity contribution in [2.45, 2.75) is 38.7 Å². The SMILES string of the molecule is Cc1ccc(C(=O)OC[C@H]2O[C@@H](n3c(Cl)c(C#N)c4cc(Cl)c(Cl)cc43)C[C@@H]2OC(=O)c2ccc(C)cc2)cc1. The van der Waals surface area contributed by atoms with E-state index in [1.807, 2.05) is 38.1 Å². The van der Waals surface area contributed by atoms with Crippen LogP contribution in [0.5, 0.6) is 0 Å². The highest BCUT2D eigenvalue weighted by Crippen LogP contribution is 2.41. The molecule has 5 rings (SSSR count). The van der Waals surface area contributed by atoms with E-state index in [1.165, 1.54) is 0 Å². The number of aromatic nitrogens is 1. The molecule has 0 bridgehead atoms. The molecule has 0 spiro atoms. The lowest BCUT2D eigenvalue weighted by Gasteiger charge is -2.19. The number of nitrogens with zero attached hydrogens (tertiary/aromatic N) is 2. The predicted octanol–water partition coefficient (Wildman–Crippen LogP) is 7.46. The molecule has 0 saturated carbocycles. The van der Waals surface area contributed by atoms with Gasteiger partial charge in [-0.2, -0.15) is 5.26 Å². The smallest absolute Gasteiger partial charge is 0.338 e. The Bertz CT molecular complexity index is 1640. The standard InChI is InChI=1S/C30H23Cl3N2O5/c1-16-3-7-18(8-4-16)29(36)38-15-26-25(40-30(37)19-9-5-17(2)6-10-19)13-27(39-26)35-24-12-23(32)22(31)11-20(24)21(14-34)28(35)33/h3-12,25-27H,13,15H2,1-2H3/t25-,26+,27+/m0/s1. The van der Waals surface area contributed by atoms with Gasteiger partial charge in [-0.3, -0.25) is 0 Å². The van der Waals surface area contributed by atoms with E-state index >= 15 is 0 Å². The molecular weight excluding hydrogens is 575 g/mol. The van der Waals surface area contributed by atoms with Crippen LogP contribution in [0.4, 0.5) is 0 Å². The molecule has 0 aliphatic carbocycles. The van der Waals surface area contributed by atoms with E-state index in [-0.39, 0.29) is 33.8 Å². The highest BCUT2D eigenvalue weighted by molar-refractivity contribution is 6.43. The van der Waals surface area contributed by atoms with E-state index in [4.69, 9.17) is 49.0 Å². The summed E-state index contributed by atoms with van der Waals surface area (Å²) in [4.78, 5) is 25.7. The second-order valence-electron chi connectivity index (χ2n) is 9.57. The molecule has 1 aliphatic heterocycles. The van der Waals surface area contributed by atoms with Crippen molar-refractivity contribution in [3.63, 3.8) is 0 Å². The Morgan fingerprint density at radius 1 is 0.950 bits per heavy atom. The van der Waals surface area contributed by atoms with Gasteiger partial charge in [0.15, 0.2) is 0 Å². The maximum atomic E-state index is 13.0. The average Bonchev–Trinajstić information content (AvgIpc) is 3.44. The van der Waals surface area contributed by atoms with Crippen molar-refractivity contribution < 1.29 is 23.8 Å². The second-order valence-corrected chi connectivity index (χ2v) is 10.7. The predicted molar refractivity (Wildman–Crippen MR) is 152 cm³/mol. The molecule has 7 nitrogen and oxygen atoms in total. The van der Waals surface area contributed by atoms with Gasteiger partial charge in [0, 0.05) is 11.8 Å². The van der Waals surface area contributed by atoms with Crippen molar-refractivity contribution >= 4 is 57.6 Å². The maximum Gasteiger partial charge on any atom is 0.338 e. The highest BCUT2D eigenvalue weighted by Gasteiger charge is 2.41. The third-order valence-corrected chi connectivity index (χ3v) is 7.87. The number of hydrogen-bond donors (Lipinski definition) is 0. The van der Waals surface area contributed by atoms with Crippen LogP contribution in [0.3, 0.4) is 0 Å². The topological polar surface area (TPSA) is 90.6 Å². The molecule has 4 aromatic rings. The van der Waals surface area contributed by atoms with Gasteiger partial charge in [0.05, 0.1) is 32.3 Å². The molecule has 3 atom stereocenters. The molecule has 0 amide bonds. The van der Waals surface area contributed by atoms with Crippen molar-refractivity contribution in [3.05, 3.63) is 104 Å². The van der Waals surface area contributed by atoms with Crippen LogP contribution in [0.2, 0.25) is 15.2 Å². The van der Waals surface area contributed by atoms with Gasteiger partial charge in [0.1, 0.15) is 36.3 Å². The van der Waals surface area contributed by atoms with Crippen molar-refractivity contribution in [1.82, 2.24) is 4.57 Å². The van der Waals surface area contributed by atoms with E-state index in [0.717, 1.165) is 11.1 Å². The summed E-state index contributed by atoms with van der Waals surface area (Å²) in [7, 11) is 0. The quantitative estimate of drug-likeness (QED) is 0.214. The number of carbonyl (C=O) groups excluding carboxylic acids is 2. The van der Waals surface area contributed by atoms with Crippen LogP contribution in [0.15, 0.2) is 60.7 Å². The normalized spacial score (nSPS) is 18.4. The first-order valence-corrected chi connectivity index (χ1v) is 13.5. The fraction of sp³-hybridized carbons (Fsp3) is 0.233. The molecule has 1 saturated heterocycles. The van der Waals surface area contributed by atoms with Gasteiger partial charge in [-0.05, 0) is 50.2 Å². The first-order chi connectivity index (χ1) is 19.2.